The van der Waals surface area contributed by atoms with Gasteiger partial charge in [-0.15, -0.1) is 0 Å². The molecule has 0 radical (unpaired) electrons. The first-order chi connectivity index (χ1) is 18.9. The lowest BCUT2D eigenvalue weighted by Crippen LogP contribution is -2.58. The number of rotatable bonds is 10. The fourth-order valence-corrected chi connectivity index (χ4v) is 5.30. The maximum absolute atomic E-state index is 13.4. The topological polar surface area (TPSA) is 199 Å². The monoisotopic (exact) mass is 573 g/mol. The van der Waals surface area contributed by atoms with E-state index >= 15 is 0 Å². The van der Waals surface area contributed by atoms with E-state index in [0.717, 1.165) is 16.9 Å². The standard InChI is InChI=1S/C25H33N7O7S/c1-14(33)26-23-28-18(19(40-23)21(35)32-12-10-16(11-13-32)20(34)31(2)3)9-6-15-4-7-17(8-5-15)27-22(29-24(36)37)30-25(38)39/h4-5,7-8,16,22,27,29-30H,6,9-13H2,1-3H3,(H,36,37)(H,38,39)(H,26,28,33)/p-2. The van der Waals surface area contributed by atoms with Crippen LogP contribution in [0.25, 0.3) is 0 Å². The van der Waals surface area contributed by atoms with E-state index in [1.165, 1.54) is 6.92 Å². The number of amides is 5. The minimum atomic E-state index is -1.68. The smallest absolute Gasteiger partial charge is 0.265 e. The third-order valence-corrected chi connectivity index (χ3v) is 7.19. The highest BCUT2D eigenvalue weighted by atomic mass is 32.1. The Balaban J connectivity index is 1.68. The Kier molecular flexibility index (Phi) is 10.2. The van der Waals surface area contributed by atoms with Crippen molar-refractivity contribution in [2.24, 2.45) is 5.92 Å². The average Bonchev–Trinajstić information content (AvgIpc) is 3.28. The zero-order valence-corrected chi connectivity index (χ0v) is 23.1. The molecule has 1 saturated heterocycles. The van der Waals surface area contributed by atoms with Crippen molar-refractivity contribution >= 4 is 52.1 Å². The van der Waals surface area contributed by atoms with E-state index in [4.69, 9.17) is 0 Å². The second-order valence-electron chi connectivity index (χ2n) is 9.41. The predicted molar refractivity (Wildman–Crippen MR) is 142 cm³/mol. The van der Waals surface area contributed by atoms with Crippen LogP contribution < -0.4 is 31.5 Å². The summed E-state index contributed by atoms with van der Waals surface area (Å²) >= 11 is 1.12. The molecule has 4 N–H and O–H groups in total. The van der Waals surface area contributed by atoms with E-state index in [-0.39, 0.29) is 23.6 Å². The van der Waals surface area contributed by atoms with Gasteiger partial charge in [0.1, 0.15) is 17.1 Å². The Bertz CT molecular complexity index is 1220. The van der Waals surface area contributed by atoms with Crippen LogP contribution in [0.3, 0.4) is 0 Å². The molecular weight excluding hydrogens is 542 g/mol. The summed E-state index contributed by atoms with van der Waals surface area (Å²) in [5.74, 6) is -0.548. The Morgan fingerprint density at radius 1 is 1.02 bits per heavy atom. The van der Waals surface area contributed by atoms with Crippen molar-refractivity contribution in [2.45, 2.75) is 38.9 Å². The summed E-state index contributed by atoms with van der Waals surface area (Å²) in [6.45, 7) is 2.26. The molecule has 1 fully saturated rings. The zero-order valence-electron chi connectivity index (χ0n) is 22.3. The van der Waals surface area contributed by atoms with Crippen LogP contribution in [0.1, 0.15) is 40.7 Å². The Morgan fingerprint density at radius 2 is 1.62 bits per heavy atom. The number of hydrogen-bond acceptors (Lipinski definition) is 10. The number of nitrogens with one attached hydrogen (secondary N) is 4. The molecule has 0 aliphatic carbocycles. The van der Waals surface area contributed by atoms with Crippen molar-refractivity contribution in [1.29, 1.82) is 0 Å². The number of carbonyl (C=O) groups excluding carboxylic acids is 5. The molecule has 0 unspecified atom stereocenters. The van der Waals surface area contributed by atoms with Gasteiger partial charge < -0.3 is 50.9 Å². The van der Waals surface area contributed by atoms with E-state index in [0.29, 0.717) is 60.2 Å². The van der Waals surface area contributed by atoms with Crippen molar-refractivity contribution in [1.82, 2.24) is 25.4 Å². The van der Waals surface area contributed by atoms with Crippen LogP contribution in [-0.4, -0.2) is 78.2 Å². The summed E-state index contributed by atoms with van der Waals surface area (Å²) in [5, 5.41) is 30.9. The minimum Gasteiger partial charge on any atom is -0.530 e. The first-order valence-electron chi connectivity index (χ1n) is 12.5. The highest BCUT2D eigenvalue weighted by molar-refractivity contribution is 7.17. The molecule has 216 valence electrons. The number of aryl methyl sites for hydroxylation is 2. The van der Waals surface area contributed by atoms with Crippen LogP contribution in [0.2, 0.25) is 0 Å². The zero-order chi connectivity index (χ0) is 29.4. The summed E-state index contributed by atoms with van der Waals surface area (Å²) in [5.41, 5.74) is 1.84. The summed E-state index contributed by atoms with van der Waals surface area (Å²) in [4.78, 5) is 67.1. The van der Waals surface area contributed by atoms with Crippen molar-refractivity contribution in [3.8, 4) is 0 Å². The van der Waals surface area contributed by atoms with Crippen LogP contribution >= 0.6 is 11.3 Å². The molecule has 1 aromatic heterocycles. The van der Waals surface area contributed by atoms with Gasteiger partial charge >= 0.3 is 0 Å². The third-order valence-electron chi connectivity index (χ3n) is 6.19. The van der Waals surface area contributed by atoms with Gasteiger partial charge in [0.2, 0.25) is 11.8 Å². The lowest BCUT2D eigenvalue weighted by Gasteiger charge is -2.32. The van der Waals surface area contributed by atoms with Crippen molar-refractivity contribution in [2.75, 3.05) is 37.8 Å². The van der Waals surface area contributed by atoms with Crippen LogP contribution in [0.4, 0.5) is 20.4 Å². The number of anilines is 2. The summed E-state index contributed by atoms with van der Waals surface area (Å²) < 4.78 is 0. The van der Waals surface area contributed by atoms with Gasteiger partial charge in [-0.3, -0.25) is 14.4 Å². The molecule has 2 heterocycles. The van der Waals surface area contributed by atoms with Gasteiger partial charge in [0.15, 0.2) is 11.4 Å². The van der Waals surface area contributed by atoms with Crippen LogP contribution in [-0.2, 0) is 22.4 Å². The van der Waals surface area contributed by atoms with Gasteiger partial charge in [-0.25, -0.2) is 4.98 Å². The van der Waals surface area contributed by atoms with Gasteiger partial charge in [-0.2, -0.15) is 0 Å². The molecule has 0 saturated carbocycles. The van der Waals surface area contributed by atoms with Crippen LogP contribution in [0.5, 0.6) is 0 Å². The molecule has 1 aromatic carbocycles. The van der Waals surface area contributed by atoms with Crippen LogP contribution in [0.15, 0.2) is 24.3 Å². The average molecular weight is 574 g/mol. The molecule has 15 heteroatoms. The maximum Gasteiger partial charge on any atom is 0.265 e. The molecular formula is C25H31N7O7S-2. The Morgan fingerprint density at radius 3 is 2.15 bits per heavy atom. The summed E-state index contributed by atoms with van der Waals surface area (Å²) in [7, 11) is 3.44. The number of aromatic nitrogens is 1. The molecule has 1 aliphatic rings. The molecule has 1 aliphatic heterocycles. The first kappa shape index (κ1) is 30.1. The molecule has 0 spiro atoms. The highest BCUT2D eigenvalue weighted by Crippen LogP contribution is 2.28. The predicted octanol–water partition coefficient (Wildman–Crippen LogP) is -0.612. The number of nitrogens with zero attached hydrogens (tertiary/aromatic N) is 3. The number of thiazole rings is 1. The number of carboxylic acid groups (broad SMARTS) is 2. The van der Waals surface area contributed by atoms with E-state index < -0.39 is 18.5 Å². The second kappa shape index (κ2) is 13.6. The van der Waals surface area contributed by atoms with Crippen molar-refractivity contribution in [3.63, 3.8) is 0 Å². The van der Waals surface area contributed by atoms with Gasteiger partial charge in [0, 0.05) is 45.7 Å². The van der Waals surface area contributed by atoms with E-state index in [1.54, 1.807) is 48.2 Å². The van der Waals surface area contributed by atoms with E-state index in [2.05, 4.69) is 15.6 Å². The SMILES string of the molecule is CC(=O)Nc1nc(CCc2ccc(NC(NC(=O)[O-])NC(=O)[O-])cc2)c(C(=O)N2CCC(C(=O)N(C)C)CC2)s1. The molecule has 14 nitrogen and oxygen atoms in total. The van der Waals surface area contributed by atoms with E-state index in [9.17, 15) is 34.2 Å². The van der Waals surface area contributed by atoms with E-state index in [1.807, 2.05) is 10.6 Å². The van der Waals surface area contributed by atoms with Gasteiger partial charge in [-0.1, -0.05) is 23.5 Å². The highest BCUT2D eigenvalue weighted by Gasteiger charge is 2.30. The van der Waals surface area contributed by atoms with Gasteiger partial charge in [0.25, 0.3) is 5.91 Å². The summed E-state index contributed by atoms with van der Waals surface area (Å²) in [6, 6.07) is 6.77. The third kappa shape index (κ3) is 8.56. The quantitative estimate of drug-likeness (QED) is 0.268. The van der Waals surface area contributed by atoms with Crippen molar-refractivity contribution in [3.05, 3.63) is 40.4 Å². The fourth-order valence-electron chi connectivity index (χ4n) is 4.27. The number of likely N-dealkylation sites (tertiary alicyclic amines) is 1. The number of piperidine rings is 1. The molecule has 0 bridgehead atoms. The summed E-state index contributed by atoms with van der Waals surface area (Å²) in [6.07, 6.45) is -2.67. The molecule has 40 heavy (non-hydrogen) atoms. The minimum absolute atomic E-state index is 0.0561. The second-order valence-corrected chi connectivity index (χ2v) is 10.4. The fraction of sp³-hybridized carbons (Fsp3) is 0.440. The lowest BCUT2D eigenvalue weighted by atomic mass is 9.95. The van der Waals surface area contributed by atoms with Crippen LogP contribution in [0, 0.1) is 5.92 Å². The number of carbonyl (C=O) groups is 5. The molecule has 5 amide bonds. The van der Waals surface area contributed by atoms with Gasteiger partial charge in [0.05, 0.1) is 5.69 Å². The lowest BCUT2D eigenvalue weighted by molar-refractivity contribution is -0.255. The normalized spacial score (nSPS) is 13.4. The molecule has 3 rings (SSSR count). The first-order valence-corrected chi connectivity index (χ1v) is 13.3. The van der Waals surface area contributed by atoms with Gasteiger partial charge in [-0.05, 0) is 43.4 Å². The molecule has 2 aromatic rings. The number of hydrogen-bond donors (Lipinski definition) is 4. The largest absolute Gasteiger partial charge is 0.530 e. The Labute approximate surface area is 234 Å². The van der Waals surface area contributed by atoms with Crippen molar-refractivity contribution < 1.29 is 34.2 Å². The number of benzene rings is 1. The molecule has 0 atom stereocenters. The maximum atomic E-state index is 13.4. The Hall–Kier alpha value is -4.40.